The highest BCUT2D eigenvalue weighted by Gasteiger charge is 2.35. The van der Waals surface area contributed by atoms with Gasteiger partial charge in [0.05, 0.1) is 26.4 Å². The molecule has 0 spiro atoms. The molecule has 1 heterocycles. The van der Waals surface area contributed by atoms with Gasteiger partial charge in [-0.15, -0.1) is 0 Å². The number of hydrogen-bond acceptors (Lipinski definition) is 5. The van der Waals surface area contributed by atoms with E-state index in [2.05, 4.69) is 0 Å². The largest absolute Gasteiger partial charge is 0.293 e. The number of amides is 2. The number of imide groups is 1. The third kappa shape index (κ3) is 3.90. The van der Waals surface area contributed by atoms with Crippen molar-refractivity contribution in [3.05, 3.63) is 78.7 Å². The molecule has 0 radical (unpaired) electrons. The van der Waals surface area contributed by atoms with E-state index in [1.54, 1.807) is 24.3 Å². The second-order valence-corrected chi connectivity index (χ2v) is 7.17. The molecular formula is C17H10Cl2N2O4S. The monoisotopic (exact) mass is 408 g/mol. The Labute approximate surface area is 162 Å². The lowest BCUT2D eigenvalue weighted by Crippen LogP contribution is -2.27. The summed E-state index contributed by atoms with van der Waals surface area (Å²) in [6.45, 7) is 0.0430. The molecule has 6 nitrogen and oxygen atoms in total. The minimum absolute atomic E-state index is 0.0430. The molecule has 2 aromatic rings. The first-order chi connectivity index (χ1) is 12.3. The van der Waals surface area contributed by atoms with E-state index in [1.807, 2.05) is 0 Å². The van der Waals surface area contributed by atoms with Gasteiger partial charge in [0.1, 0.15) is 0 Å². The van der Waals surface area contributed by atoms with Gasteiger partial charge in [-0.2, -0.15) is 0 Å². The van der Waals surface area contributed by atoms with Crippen molar-refractivity contribution in [2.75, 3.05) is 0 Å². The molecule has 3 rings (SSSR count). The molecule has 0 aliphatic carbocycles. The van der Waals surface area contributed by atoms with Gasteiger partial charge >= 0.3 is 0 Å². The van der Waals surface area contributed by atoms with Crippen molar-refractivity contribution >= 4 is 57.9 Å². The molecular weight excluding hydrogens is 399 g/mol. The molecule has 0 atom stereocenters. The summed E-state index contributed by atoms with van der Waals surface area (Å²) in [5.41, 5.74) is 1.22. The Morgan fingerprint density at radius 3 is 2.38 bits per heavy atom. The number of rotatable bonds is 4. The van der Waals surface area contributed by atoms with Crippen LogP contribution in [0.3, 0.4) is 0 Å². The highest BCUT2D eigenvalue weighted by Crippen LogP contribution is 2.34. The first kappa shape index (κ1) is 18.4. The molecule has 1 fully saturated rings. The van der Waals surface area contributed by atoms with Gasteiger partial charge in [0.25, 0.3) is 16.8 Å². The van der Waals surface area contributed by atoms with Crippen molar-refractivity contribution in [3.63, 3.8) is 0 Å². The Morgan fingerprint density at radius 1 is 1.08 bits per heavy atom. The van der Waals surface area contributed by atoms with Crippen molar-refractivity contribution < 1.29 is 14.5 Å². The van der Waals surface area contributed by atoms with E-state index in [9.17, 15) is 19.7 Å². The number of nitro benzene ring substituents is 1. The maximum Gasteiger partial charge on any atom is 0.293 e. The highest BCUT2D eigenvalue weighted by atomic mass is 35.5. The van der Waals surface area contributed by atoms with Crippen LogP contribution in [0.2, 0.25) is 10.0 Å². The predicted octanol–water partition coefficient (Wildman–Crippen LogP) is 5.14. The van der Waals surface area contributed by atoms with E-state index in [1.165, 1.54) is 24.3 Å². The van der Waals surface area contributed by atoms with Crippen LogP contribution in [0.15, 0.2) is 47.4 Å². The smallest absolute Gasteiger partial charge is 0.268 e. The first-order valence-electron chi connectivity index (χ1n) is 7.29. The fraction of sp³-hybridized carbons (Fsp3) is 0.0588. The average Bonchev–Trinajstić information content (AvgIpc) is 2.86. The molecule has 9 heteroatoms. The lowest BCUT2D eigenvalue weighted by Gasteiger charge is -2.12. The van der Waals surface area contributed by atoms with Crippen molar-refractivity contribution in [3.8, 4) is 0 Å². The summed E-state index contributed by atoms with van der Waals surface area (Å²) in [6.07, 6.45) is 1.57. The fourth-order valence-corrected chi connectivity index (χ4v) is 3.44. The minimum Gasteiger partial charge on any atom is -0.268 e. The average molecular weight is 409 g/mol. The zero-order chi connectivity index (χ0) is 18.8. The molecule has 1 aliphatic heterocycles. The predicted molar refractivity (Wildman–Crippen MR) is 101 cm³/mol. The molecule has 0 aromatic heterocycles. The highest BCUT2D eigenvalue weighted by molar-refractivity contribution is 8.18. The SMILES string of the molecule is O=C1S/C(=C/c2ccc(Cl)c(Cl)c2)C(=O)N1Cc1ccc([N+](=O)[O-])cc1. The van der Waals surface area contributed by atoms with Gasteiger partial charge in [0.2, 0.25) is 0 Å². The molecule has 0 N–H and O–H groups in total. The molecule has 0 unspecified atom stereocenters. The number of nitro groups is 1. The van der Waals surface area contributed by atoms with Crippen LogP contribution in [-0.2, 0) is 11.3 Å². The van der Waals surface area contributed by atoms with Gasteiger partial charge in [-0.05, 0) is 41.1 Å². The van der Waals surface area contributed by atoms with Gasteiger partial charge in [-0.1, -0.05) is 41.4 Å². The van der Waals surface area contributed by atoms with Crippen molar-refractivity contribution in [1.29, 1.82) is 0 Å². The number of non-ortho nitro benzene ring substituents is 1. The zero-order valence-corrected chi connectivity index (χ0v) is 15.3. The second-order valence-electron chi connectivity index (χ2n) is 5.36. The standard InChI is InChI=1S/C17H10Cl2N2O4S/c18-13-6-3-11(7-14(13)19)8-15-16(22)20(17(23)26-15)9-10-1-4-12(5-2-10)21(24)25/h1-8H,9H2/b15-8+. The van der Waals surface area contributed by atoms with Crippen LogP contribution in [-0.4, -0.2) is 21.0 Å². The Morgan fingerprint density at radius 2 is 1.77 bits per heavy atom. The molecule has 0 saturated carbocycles. The normalized spacial score (nSPS) is 15.8. The summed E-state index contributed by atoms with van der Waals surface area (Å²) in [6, 6.07) is 10.6. The molecule has 132 valence electrons. The third-order valence-corrected chi connectivity index (χ3v) is 5.25. The van der Waals surface area contributed by atoms with Gasteiger partial charge < -0.3 is 0 Å². The van der Waals surface area contributed by atoms with Crippen LogP contribution in [0.25, 0.3) is 6.08 Å². The van der Waals surface area contributed by atoms with E-state index in [-0.39, 0.29) is 17.1 Å². The maximum atomic E-state index is 12.5. The van der Waals surface area contributed by atoms with Crippen LogP contribution in [0.5, 0.6) is 0 Å². The third-order valence-electron chi connectivity index (χ3n) is 3.60. The van der Waals surface area contributed by atoms with E-state index >= 15 is 0 Å². The van der Waals surface area contributed by atoms with E-state index in [0.717, 1.165) is 16.7 Å². The van der Waals surface area contributed by atoms with Crippen LogP contribution < -0.4 is 0 Å². The molecule has 2 aromatic carbocycles. The van der Waals surface area contributed by atoms with E-state index in [0.29, 0.717) is 21.2 Å². The number of halogens is 2. The number of carbonyl (C=O) groups excluding carboxylic acids is 2. The van der Waals surface area contributed by atoms with Crippen LogP contribution in [0, 0.1) is 10.1 Å². The van der Waals surface area contributed by atoms with E-state index in [4.69, 9.17) is 23.2 Å². The summed E-state index contributed by atoms with van der Waals surface area (Å²) in [7, 11) is 0. The minimum atomic E-state index is -0.510. The molecule has 0 bridgehead atoms. The number of benzene rings is 2. The molecule has 2 amide bonds. The Hall–Kier alpha value is -2.35. The summed E-state index contributed by atoms with van der Waals surface area (Å²) >= 11 is 12.6. The van der Waals surface area contributed by atoms with Crippen molar-refractivity contribution in [2.24, 2.45) is 0 Å². The molecule has 1 aliphatic rings. The summed E-state index contributed by atoms with van der Waals surface area (Å²) in [5, 5.41) is 11.0. The first-order valence-corrected chi connectivity index (χ1v) is 8.86. The fourth-order valence-electron chi connectivity index (χ4n) is 2.30. The lowest BCUT2D eigenvalue weighted by atomic mass is 10.2. The van der Waals surface area contributed by atoms with Crippen molar-refractivity contribution in [2.45, 2.75) is 6.54 Å². The summed E-state index contributed by atoms with van der Waals surface area (Å²) in [4.78, 5) is 36.2. The van der Waals surface area contributed by atoms with Gasteiger partial charge in [-0.3, -0.25) is 24.6 Å². The number of thioether (sulfide) groups is 1. The van der Waals surface area contributed by atoms with Crippen LogP contribution >= 0.6 is 35.0 Å². The number of carbonyl (C=O) groups is 2. The van der Waals surface area contributed by atoms with Gasteiger partial charge in [0.15, 0.2) is 0 Å². The van der Waals surface area contributed by atoms with Gasteiger partial charge in [0, 0.05) is 12.1 Å². The summed E-state index contributed by atoms with van der Waals surface area (Å²) < 4.78 is 0. The Balaban J connectivity index is 1.79. The molecule has 1 saturated heterocycles. The quantitative estimate of drug-likeness (QED) is 0.397. The number of nitrogens with zero attached hydrogens (tertiary/aromatic N) is 2. The second kappa shape index (κ2) is 7.49. The molecule has 26 heavy (non-hydrogen) atoms. The maximum absolute atomic E-state index is 12.5. The Bertz CT molecular complexity index is 944. The number of hydrogen-bond donors (Lipinski definition) is 0. The van der Waals surface area contributed by atoms with Crippen LogP contribution in [0.1, 0.15) is 11.1 Å². The van der Waals surface area contributed by atoms with E-state index < -0.39 is 16.1 Å². The topological polar surface area (TPSA) is 80.5 Å². The zero-order valence-electron chi connectivity index (χ0n) is 13.0. The lowest BCUT2D eigenvalue weighted by molar-refractivity contribution is -0.384. The van der Waals surface area contributed by atoms with Crippen LogP contribution in [0.4, 0.5) is 10.5 Å². The Kier molecular flexibility index (Phi) is 5.31. The van der Waals surface area contributed by atoms with Crippen molar-refractivity contribution in [1.82, 2.24) is 4.90 Å². The van der Waals surface area contributed by atoms with Gasteiger partial charge in [-0.25, -0.2) is 0 Å². The summed E-state index contributed by atoms with van der Waals surface area (Å²) in [5.74, 6) is -0.426.